The Balaban J connectivity index is 1.76. The van der Waals surface area contributed by atoms with Crippen LogP contribution in [0.5, 0.6) is 0 Å². The van der Waals surface area contributed by atoms with Gasteiger partial charge >= 0.3 is 0 Å². The number of morpholine rings is 1. The fourth-order valence-electron chi connectivity index (χ4n) is 3.89. The van der Waals surface area contributed by atoms with Gasteiger partial charge in [0.1, 0.15) is 4.90 Å². The topological polar surface area (TPSA) is 79.0 Å². The lowest BCUT2D eigenvalue weighted by molar-refractivity contribution is -0.00521. The van der Waals surface area contributed by atoms with Crippen molar-refractivity contribution >= 4 is 38.9 Å². The summed E-state index contributed by atoms with van der Waals surface area (Å²) < 4.78 is 32.8. The summed E-state index contributed by atoms with van der Waals surface area (Å²) in [7, 11) is -3.78. The summed E-state index contributed by atoms with van der Waals surface area (Å²) in [6.07, 6.45) is 0.315. The number of rotatable bonds is 7. The van der Waals surface area contributed by atoms with Crippen LogP contribution in [0, 0.1) is 0 Å². The lowest BCUT2D eigenvalue weighted by atomic mass is 10.1. The number of carbonyl (C=O) groups is 1. The number of amides is 1. The van der Waals surface area contributed by atoms with Crippen molar-refractivity contribution in [2.24, 2.45) is 0 Å². The standard InChI is InChI=1S/C23H30ClN3O4S/c1-5-27(6-2)32(29,30)22-13-18(7-12-21(22)24)23(28)25-19-8-10-20(11-9-19)26-14-16(3)31-17(4)15-26/h7-13,16-17H,5-6,14-15H2,1-4H3,(H,25,28). The van der Waals surface area contributed by atoms with Crippen molar-refractivity contribution in [1.29, 1.82) is 0 Å². The van der Waals surface area contributed by atoms with E-state index in [0.717, 1.165) is 18.8 Å². The number of hydrogen-bond donors (Lipinski definition) is 1. The molecule has 0 aliphatic carbocycles. The van der Waals surface area contributed by atoms with E-state index >= 15 is 0 Å². The zero-order valence-corrected chi connectivity index (χ0v) is 20.4. The van der Waals surface area contributed by atoms with Crippen molar-refractivity contribution in [3.63, 3.8) is 0 Å². The van der Waals surface area contributed by atoms with Crippen molar-refractivity contribution in [2.45, 2.75) is 44.8 Å². The number of sulfonamides is 1. The average Bonchev–Trinajstić information content (AvgIpc) is 2.74. The number of hydrogen-bond acceptors (Lipinski definition) is 5. The van der Waals surface area contributed by atoms with Gasteiger partial charge in [0.15, 0.2) is 0 Å². The third kappa shape index (κ3) is 5.43. The SMILES string of the molecule is CCN(CC)S(=O)(=O)c1cc(C(=O)Nc2ccc(N3CC(C)OC(C)C3)cc2)ccc1Cl. The number of nitrogens with one attached hydrogen (secondary N) is 1. The summed E-state index contributed by atoms with van der Waals surface area (Å²) in [4.78, 5) is 15.0. The molecule has 2 unspecified atom stereocenters. The quantitative estimate of drug-likeness (QED) is 0.642. The van der Waals surface area contributed by atoms with Gasteiger partial charge in [0.05, 0.1) is 17.2 Å². The second kappa shape index (κ2) is 10.2. The second-order valence-corrected chi connectivity index (χ2v) is 10.2. The Kier molecular flexibility index (Phi) is 7.82. The molecule has 9 heteroatoms. The third-order valence-electron chi connectivity index (χ3n) is 5.43. The van der Waals surface area contributed by atoms with Gasteiger partial charge in [-0.2, -0.15) is 4.31 Å². The molecular weight excluding hydrogens is 450 g/mol. The Morgan fingerprint density at radius 3 is 2.25 bits per heavy atom. The maximum absolute atomic E-state index is 12.9. The minimum Gasteiger partial charge on any atom is -0.372 e. The second-order valence-electron chi connectivity index (χ2n) is 7.90. The van der Waals surface area contributed by atoms with Crippen LogP contribution in [0.25, 0.3) is 0 Å². The first-order valence-corrected chi connectivity index (χ1v) is 12.6. The van der Waals surface area contributed by atoms with Gasteiger partial charge < -0.3 is 15.0 Å². The van der Waals surface area contributed by atoms with Gasteiger partial charge in [0.2, 0.25) is 10.0 Å². The molecule has 1 aliphatic heterocycles. The maximum atomic E-state index is 12.9. The van der Waals surface area contributed by atoms with Gasteiger partial charge in [-0.05, 0) is 56.3 Å². The van der Waals surface area contributed by atoms with Crippen molar-refractivity contribution < 1.29 is 17.9 Å². The summed E-state index contributed by atoms with van der Waals surface area (Å²) in [5.41, 5.74) is 1.90. The Labute approximate surface area is 195 Å². The van der Waals surface area contributed by atoms with Crippen LogP contribution in [-0.2, 0) is 14.8 Å². The largest absolute Gasteiger partial charge is 0.372 e. The molecule has 1 saturated heterocycles. The molecule has 174 valence electrons. The molecule has 2 atom stereocenters. The van der Waals surface area contributed by atoms with Crippen molar-refractivity contribution in [2.75, 3.05) is 36.4 Å². The monoisotopic (exact) mass is 479 g/mol. The van der Waals surface area contributed by atoms with Gasteiger partial charge in [-0.15, -0.1) is 0 Å². The fraction of sp³-hybridized carbons (Fsp3) is 0.435. The van der Waals surface area contributed by atoms with Gasteiger partial charge in [0, 0.05) is 43.1 Å². The highest BCUT2D eigenvalue weighted by Crippen LogP contribution is 2.27. The van der Waals surface area contributed by atoms with Crippen LogP contribution in [0.2, 0.25) is 5.02 Å². The molecule has 0 bridgehead atoms. The molecule has 1 N–H and O–H groups in total. The van der Waals surface area contributed by atoms with E-state index < -0.39 is 15.9 Å². The fourth-order valence-corrected chi connectivity index (χ4v) is 5.85. The number of benzene rings is 2. The van der Waals surface area contributed by atoms with Gasteiger partial charge in [-0.1, -0.05) is 25.4 Å². The van der Waals surface area contributed by atoms with Gasteiger partial charge in [-0.25, -0.2) is 8.42 Å². The summed E-state index contributed by atoms with van der Waals surface area (Å²) >= 11 is 6.16. The predicted molar refractivity (Wildman–Crippen MR) is 128 cm³/mol. The smallest absolute Gasteiger partial charge is 0.255 e. The predicted octanol–water partition coefficient (Wildman–Crippen LogP) is 4.24. The Hall–Kier alpha value is -2.13. The van der Waals surface area contributed by atoms with Gasteiger partial charge in [0.25, 0.3) is 5.91 Å². The summed E-state index contributed by atoms with van der Waals surface area (Å²) in [5, 5.41) is 2.92. The number of anilines is 2. The van der Waals surface area contributed by atoms with Crippen LogP contribution in [0.1, 0.15) is 38.1 Å². The number of ether oxygens (including phenoxy) is 1. The Bertz CT molecular complexity index is 1050. The first-order valence-electron chi connectivity index (χ1n) is 10.8. The molecule has 7 nitrogen and oxygen atoms in total. The van der Waals surface area contributed by atoms with Crippen molar-refractivity contribution in [1.82, 2.24) is 4.31 Å². The van der Waals surface area contributed by atoms with E-state index in [0.29, 0.717) is 18.8 Å². The average molecular weight is 480 g/mol. The zero-order chi connectivity index (χ0) is 23.5. The maximum Gasteiger partial charge on any atom is 0.255 e. The molecule has 0 aromatic heterocycles. The normalized spacial score (nSPS) is 19.2. The van der Waals surface area contributed by atoms with Crippen LogP contribution in [0.15, 0.2) is 47.4 Å². The molecule has 1 aliphatic rings. The van der Waals surface area contributed by atoms with E-state index in [1.807, 2.05) is 24.3 Å². The van der Waals surface area contributed by atoms with Crippen molar-refractivity contribution in [3.05, 3.63) is 53.1 Å². The number of halogens is 1. The highest BCUT2D eigenvalue weighted by molar-refractivity contribution is 7.89. The van der Waals surface area contributed by atoms with Crippen molar-refractivity contribution in [3.8, 4) is 0 Å². The van der Waals surface area contributed by atoms with E-state index in [1.165, 1.54) is 22.5 Å². The van der Waals surface area contributed by atoms with E-state index in [9.17, 15) is 13.2 Å². The van der Waals surface area contributed by atoms with Crippen LogP contribution in [0.3, 0.4) is 0 Å². The molecule has 3 rings (SSSR count). The molecule has 0 radical (unpaired) electrons. The lowest BCUT2D eigenvalue weighted by Crippen LogP contribution is -2.45. The van der Waals surface area contributed by atoms with Crippen LogP contribution < -0.4 is 10.2 Å². The minimum absolute atomic E-state index is 0.0681. The van der Waals surface area contributed by atoms with E-state index in [2.05, 4.69) is 24.1 Å². The summed E-state index contributed by atoms with van der Waals surface area (Å²) in [6.45, 7) is 9.88. The van der Waals surface area contributed by atoms with Crippen LogP contribution in [-0.4, -0.2) is 57.0 Å². The van der Waals surface area contributed by atoms with Crippen LogP contribution in [0.4, 0.5) is 11.4 Å². The molecule has 1 fully saturated rings. The zero-order valence-electron chi connectivity index (χ0n) is 18.8. The lowest BCUT2D eigenvalue weighted by Gasteiger charge is -2.36. The molecule has 0 spiro atoms. The Morgan fingerprint density at radius 2 is 1.69 bits per heavy atom. The molecular formula is C23H30ClN3O4S. The molecule has 32 heavy (non-hydrogen) atoms. The Morgan fingerprint density at radius 1 is 1.09 bits per heavy atom. The number of nitrogens with zero attached hydrogens (tertiary/aromatic N) is 2. The van der Waals surface area contributed by atoms with Gasteiger partial charge in [-0.3, -0.25) is 4.79 Å². The molecule has 2 aromatic rings. The molecule has 0 saturated carbocycles. The third-order valence-corrected chi connectivity index (χ3v) is 7.96. The minimum atomic E-state index is -3.78. The highest BCUT2D eigenvalue weighted by Gasteiger charge is 2.26. The van der Waals surface area contributed by atoms with Crippen LogP contribution >= 0.6 is 11.6 Å². The first-order chi connectivity index (χ1) is 15.1. The summed E-state index contributed by atoms with van der Waals surface area (Å²) in [5.74, 6) is -0.404. The molecule has 2 aromatic carbocycles. The molecule has 1 amide bonds. The number of carbonyl (C=O) groups excluding carboxylic acids is 1. The first kappa shape index (κ1) is 24.5. The summed E-state index contributed by atoms with van der Waals surface area (Å²) in [6, 6.07) is 11.9. The van der Waals surface area contributed by atoms with E-state index in [1.54, 1.807) is 13.8 Å². The van der Waals surface area contributed by atoms with E-state index in [-0.39, 0.29) is 27.7 Å². The molecule has 1 heterocycles. The highest BCUT2D eigenvalue weighted by atomic mass is 35.5. The van der Waals surface area contributed by atoms with E-state index in [4.69, 9.17) is 16.3 Å².